The highest BCUT2D eigenvalue weighted by atomic mass is 16.5. The Labute approximate surface area is 139 Å². The van der Waals surface area contributed by atoms with Gasteiger partial charge in [0.25, 0.3) is 0 Å². The Morgan fingerprint density at radius 1 is 0.783 bits per heavy atom. The van der Waals surface area contributed by atoms with Gasteiger partial charge in [-0.15, -0.1) is 0 Å². The van der Waals surface area contributed by atoms with Gasteiger partial charge in [0.05, 0.1) is 19.8 Å². The molecule has 1 N–H and O–H groups in total. The smallest absolute Gasteiger partial charge is 0.169 e. The highest BCUT2D eigenvalue weighted by Gasteiger charge is 2.14. The maximum Gasteiger partial charge on any atom is 0.169 e. The van der Waals surface area contributed by atoms with Gasteiger partial charge in [-0.2, -0.15) is 5.11 Å². The molecule has 0 aliphatic heterocycles. The van der Waals surface area contributed by atoms with Crippen molar-refractivity contribution in [3.05, 3.63) is 12.1 Å². The molecule has 0 aliphatic carbocycles. The first kappa shape index (κ1) is 19.3. The number of hydrogen-bond acceptors (Lipinski definition) is 5. The number of benzene rings is 1. The molecule has 0 fully saturated rings. The van der Waals surface area contributed by atoms with Crippen molar-refractivity contribution >= 4 is 5.69 Å². The fourth-order valence-corrected chi connectivity index (χ4v) is 1.96. The van der Waals surface area contributed by atoms with Crippen LogP contribution in [0, 0.1) is 5.53 Å². The van der Waals surface area contributed by atoms with Crippen LogP contribution in [0.15, 0.2) is 17.2 Å². The number of ether oxygens (including phenoxy) is 3. The topological polar surface area (TPSA) is 63.9 Å². The molecule has 1 rings (SSSR count). The van der Waals surface area contributed by atoms with Crippen molar-refractivity contribution in [2.75, 3.05) is 19.8 Å². The van der Waals surface area contributed by atoms with Crippen molar-refractivity contribution in [2.45, 2.75) is 59.3 Å². The Balaban J connectivity index is 2.94. The third kappa shape index (κ3) is 6.89. The van der Waals surface area contributed by atoms with Gasteiger partial charge < -0.3 is 14.2 Å². The van der Waals surface area contributed by atoms with Crippen LogP contribution in [-0.4, -0.2) is 19.8 Å². The largest absolute Gasteiger partial charge is 0.493 e. The molecular formula is C18H30N2O3. The van der Waals surface area contributed by atoms with E-state index in [1.807, 2.05) is 12.1 Å². The number of rotatable bonds is 13. The Kier molecular flexibility index (Phi) is 9.84. The van der Waals surface area contributed by atoms with E-state index in [4.69, 9.17) is 19.7 Å². The lowest BCUT2D eigenvalue weighted by Gasteiger charge is -2.15. The van der Waals surface area contributed by atoms with Crippen LogP contribution in [0.5, 0.6) is 17.2 Å². The lowest BCUT2D eigenvalue weighted by Crippen LogP contribution is -2.02. The van der Waals surface area contributed by atoms with Crippen molar-refractivity contribution in [2.24, 2.45) is 5.11 Å². The van der Waals surface area contributed by atoms with Gasteiger partial charge >= 0.3 is 0 Å². The number of unbranched alkanes of at least 4 members (excludes halogenated alkanes) is 3. The summed E-state index contributed by atoms with van der Waals surface area (Å²) < 4.78 is 17.4. The summed E-state index contributed by atoms with van der Waals surface area (Å²) in [6.45, 7) is 8.23. The molecule has 5 heteroatoms. The summed E-state index contributed by atoms with van der Waals surface area (Å²) in [6, 6.07) is 3.62. The van der Waals surface area contributed by atoms with E-state index in [9.17, 15) is 0 Å². The average Bonchev–Trinajstić information content (AvgIpc) is 2.55. The van der Waals surface area contributed by atoms with Crippen molar-refractivity contribution in [1.29, 1.82) is 5.53 Å². The number of hydrogen-bond donors (Lipinski definition) is 1. The van der Waals surface area contributed by atoms with Crippen molar-refractivity contribution in [1.82, 2.24) is 0 Å². The molecule has 5 nitrogen and oxygen atoms in total. The molecule has 23 heavy (non-hydrogen) atoms. The summed E-state index contributed by atoms with van der Waals surface area (Å²) >= 11 is 0. The molecule has 0 aromatic heterocycles. The van der Waals surface area contributed by atoms with Crippen LogP contribution < -0.4 is 14.2 Å². The first-order valence-corrected chi connectivity index (χ1v) is 8.70. The van der Waals surface area contributed by atoms with Crippen molar-refractivity contribution in [3.8, 4) is 17.2 Å². The van der Waals surface area contributed by atoms with Crippen molar-refractivity contribution < 1.29 is 14.2 Å². The Bertz CT molecular complexity index is 433. The summed E-state index contributed by atoms with van der Waals surface area (Å²) in [5.41, 5.74) is 7.89. The van der Waals surface area contributed by atoms with E-state index in [1.165, 1.54) is 0 Å². The second kappa shape index (κ2) is 11.7. The fourth-order valence-electron chi connectivity index (χ4n) is 1.96. The van der Waals surface area contributed by atoms with E-state index < -0.39 is 0 Å². The molecule has 0 radical (unpaired) electrons. The monoisotopic (exact) mass is 322 g/mol. The van der Waals surface area contributed by atoms with Crippen LogP contribution >= 0.6 is 0 Å². The van der Waals surface area contributed by atoms with E-state index in [1.54, 1.807) is 0 Å². The van der Waals surface area contributed by atoms with Gasteiger partial charge in [0, 0.05) is 12.1 Å². The van der Waals surface area contributed by atoms with Crippen LogP contribution in [0.25, 0.3) is 0 Å². The molecule has 1 aromatic rings. The fraction of sp³-hybridized carbons (Fsp3) is 0.667. The van der Waals surface area contributed by atoms with E-state index >= 15 is 0 Å². The van der Waals surface area contributed by atoms with Crippen LogP contribution in [-0.2, 0) is 0 Å². The Hall–Kier alpha value is -1.78. The molecule has 0 bridgehead atoms. The maximum atomic E-state index is 7.45. The van der Waals surface area contributed by atoms with E-state index in [2.05, 4.69) is 25.9 Å². The molecule has 0 saturated heterocycles. The second-order valence-corrected chi connectivity index (χ2v) is 5.49. The quantitative estimate of drug-likeness (QED) is 0.364. The molecule has 0 heterocycles. The Morgan fingerprint density at radius 2 is 1.22 bits per heavy atom. The minimum absolute atomic E-state index is 0.444. The minimum atomic E-state index is 0.444. The molecule has 0 unspecified atom stereocenters. The van der Waals surface area contributed by atoms with Gasteiger partial charge in [-0.25, -0.2) is 5.53 Å². The van der Waals surface area contributed by atoms with Crippen LogP contribution in [0.1, 0.15) is 59.3 Å². The third-order valence-corrected chi connectivity index (χ3v) is 3.40. The maximum absolute atomic E-state index is 7.45. The van der Waals surface area contributed by atoms with Gasteiger partial charge in [-0.3, -0.25) is 0 Å². The van der Waals surface area contributed by atoms with E-state index in [-0.39, 0.29) is 0 Å². The summed E-state index contributed by atoms with van der Waals surface area (Å²) in [5, 5.41) is 3.61. The van der Waals surface area contributed by atoms with E-state index in [0.717, 1.165) is 38.5 Å². The zero-order chi connectivity index (χ0) is 16.9. The first-order chi connectivity index (χ1) is 11.3. The van der Waals surface area contributed by atoms with Crippen LogP contribution in [0.2, 0.25) is 0 Å². The number of nitrogens with zero attached hydrogens (tertiary/aromatic N) is 1. The van der Waals surface area contributed by atoms with Gasteiger partial charge in [-0.1, -0.05) is 40.0 Å². The highest BCUT2D eigenvalue weighted by molar-refractivity contribution is 5.64. The lowest BCUT2D eigenvalue weighted by atomic mass is 10.2. The molecule has 1 aromatic carbocycles. The normalized spacial score (nSPS) is 10.4. The molecule has 130 valence electrons. The molecular weight excluding hydrogens is 292 g/mol. The predicted octanol–water partition coefficient (Wildman–Crippen LogP) is 5.89. The minimum Gasteiger partial charge on any atom is -0.493 e. The molecule has 0 atom stereocenters. The molecule has 0 amide bonds. The van der Waals surface area contributed by atoms with Gasteiger partial charge in [0.2, 0.25) is 0 Å². The lowest BCUT2D eigenvalue weighted by molar-refractivity contribution is 0.281. The van der Waals surface area contributed by atoms with Gasteiger partial charge in [-0.05, 0) is 19.3 Å². The Morgan fingerprint density at radius 3 is 1.61 bits per heavy atom. The molecule has 0 aliphatic rings. The first-order valence-electron chi connectivity index (χ1n) is 8.70. The summed E-state index contributed by atoms with van der Waals surface area (Å²) in [6.07, 6.45) is 6.12. The highest BCUT2D eigenvalue weighted by Crippen LogP contribution is 2.41. The predicted molar refractivity (Wildman–Crippen MR) is 92.5 cm³/mol. The summed E-state index contributed by atoms with van der Waals surface area (Å²) in [7, 11) is 0. The standard InChI is InChI=1S/C18H30N2O3/c1-4-7-10-21-15-13-16(22-11-8-5-2)18(20-19)17(14-15)23-12-9-6-3/h13-14,19H,4-12H2,1-3H3. The summed E-state index contributed by atoms with van der Waals surface area (Å²) in [5.74, 6) is 1.84. The van der Waals surface area contributed by atoms with Gasteiger partial charge in [0.15, 0.2) is 17.2 Å². The zero-order valence-corrected chi connectivity index (χ0v) is 14.7. The summed E-state index contributed by atoms with van der Waals surface area (Å²) in [4.78, 5) is 0. The third-order valence-electron chi connectivity index (χ3n) is 3.40. The van der Waals surface area contributed by atoms with Crippen LogP contribution in [0.4, 0.5) is 5.69 Å². The van der Waals surface area contributed by atoms with Crippen molar-refractivity contribution in [3.63, 3.8) is 0 Å². The molecule has 0 saturated carbocycles. The SMILES string of the molecule is CCCCOc1cc(OCCCC)c(N=N)c(OCCCC)c1. The van der Waals surface area contributed by atoms with Crippen LogP contribution in [0.3, 0.4) is 0 Å². The zero-order valence-electron chi connectivity index (χ0n) is 14.7. The van der Waals surface area contributed by atoms with Gasteiger partial charge in [0.1, 0.15) is 5.75 Å². The number of nitrogens with one attached hydrogen (secondary N) is 1. The average molecular weight is 322 g/mol. The van der Waals surface area contributed by atoms with E-state index in [0.29, 0.717) is 42.8 Å². The molecule has 0 spiro atoms. The second-order valence-electron chi connectivity index (χ2n) is 5.49.